The molecule has 0 aliphatic heterocycles. The molecule has 10 heteroatoms. The van der Waals surface area contributed by atoms with Gasteiger partial charge in [0.2, 0.25) is 18.0 Å². The zero-order chi connectivity index (χ0) is 25.8. The van der Waals surface area contributed by atoms with Crippen LogP contribution in [0.1, 0.15) is 6.42 Å². The van der Waals surface area contributed by atoms with E-state index in [2.05, 4.69) is 15.6 Å². The Morgan fingerprint density at radius 2 is 1.68 bits per heavy atom. The number of fused-ring (bicyclic) bond motifs is 1. The summed E-state index contributed by atoms with van der Waals surface area (Å²) in [5.74, 6) is -1.40. The summed E-state index contributed by atoms with van der Waals surface area (Å²) in [6.07, 6.45) is 2.66. The van der Waals surface area contributed by atoms with Crippen molar-refractivity contribution in [2.45, 2.75) is 6.42 Å². The molecule has 8 nitrogen and oxygen atoms in total. The summed E-state index contributed by atoms with van der Waals surface area (Å²) < 4.78 is 22.4. The van der Waals surface area contributed by atoms with Crippen molar-refractivity contribution < 1.29 is 28.7 Å². The summed E-state index contributed by atoms with van der Waals surface area (Å²) >= 11 is 1.35. The lowest BCUT2D eigenvalue weighted by atomic mass is 10.2. The van der Waals surface area contributed by atoms with E-state index in [4.69, 9.17) is 4.74 Å². The average Bonchev–Trinajstić information content (AvgIpc) is 3.31. The van der Waals surface area contributed by atoms with Gasteiger partial charge in [0.05, 0.1) is 10.2 Å². The Kier molecular flexibility index (Phi) is 6.73. The molecule has 5 aromatic rings. The molecule has 0 spiro atoms. The summed E-state index contributed by atoms with van der Waals surface area (Å²) in [5.41, 5.74) is 1.99. The first-order valence-electron chi connectivity index (χ1n) is 11.2. The van der Waals surface area contributed by atoms with Crippen molar-refractivity contribution in [1.29, 1.82) is 0 Å². The van der Waals surface area contributed by atoms with Gasteiger partial charge < -0.3 is 15.4 Å². The molecule has 0 aliphatic carbocycles. The zero-order valence-electron chi connectivity index (χ0n) is 19.2. The third kappa shape index (κ3) is 5.54. The van der Waals surface area contributed by atoms with Gasteiger partial charge in [-0.2, -0.15) is 0 Å². The van der Waals surface area contributed by atoms with Crippen LogP contribution in [0.5, 0.6) is 11.5 Å². The number of hydrogen-bond donors (Lipinski definition) is 3. The van der Waals surface area contributed by atoms with Crippen LogP contribution in [0.4, 0.5) is 15.8 Å². The van der Waals surface area contributed by atoms with Crippen LogP contribution in [-0.4, -0.2) is 22.0 Å². The second-order valence-electron chi connectivity index (χ2n) is 7.95. The third-order valence-electron chi connectivity index (χ3n) is 5.28. The van der Waals surface area contributed by atoms with Gasteiger partial charge in [-0.25, -0.2) is 4.39 Å². The number of carbonyl (C=O) groups is 2. The maximum Gasteiger partial charge on any atom is 0.274 e. The summed E-state index contributed by atoms with van der Waals surface area (Å²) in [6.45, 7) is 0. The lowest BCUT2D eigenvalue weighted by Gasteiger charge is -2.10. The van der Waals surface area contributed by atoms with Gasteiger partial charge in [0.15, 0.2) is 11.6 Å². The molecule has 3 heterocycles. The second kappa shape index (κ2) is 10.4. The van der Waals surface area contributed by atoms with Crippen LogP contribution in [0.3, 0.4) is 0 Å². The molecule has 0 saturated heterocycles. The maximum atomic E-state index is 14.9. The van der Waals surface area contributed by atoms with E-state index < -0.39 is 24.1 Å². The van der Waals surface area contributed by atoms with Gasteiger partial charge in [-0.15, -0.1) is 11.3 Å². The van der Waals surface area contributed by atoms with E-state index in [-0.39, 0.29) is 11.4 Å². The number of anilines is 2. The molecule has 0 bridgehead atoms. The molecule has 2 aromatic carbocycles. The minimum absolute atomic E-state index is 0.0424. The Bertz CT molecular complexity index is 1610. The molecule has 5 rings (SSSR count). The number of thiophene rings is 1. The Morgan fingerprint density at radius 3 is 2.43 bits per heavy atom. The Balaban J connectivity index is 1.28. The first kappa shape index (κ1) is 23.9. The first-order valence-corrected chi connectivity index (χ1v) is 12.0. The molecule has 3 aromatic heterocycles. The molecule has 2 amide bonds. The number of ether oxygens (including phenoxy) is 1. The lowest BCUT2D eigenvalue weighted by Crippen LogP contribution is -2.31. The van der Waals surface area contributed by atoms with E-state index in [1.807, 2.05) is 18.2 Å². The van der Waals surface area contributed by atoms with E-state index in [0.29, 0.717) is 27.3 Å². The fourth-order valence-electron chi connectivity index (χ4n) is 3.61. The Labute approximate surface area is 214 Å². The van der Waals surface area contributed by atoms with Gasteiger partial charge in [-0.05, 0) is 36.4 Å². The largest absolute Gasteiger partial charge is 0.453 e. The van der Waals surface area contributed by atoms with E-state index in [9.17, 15) is 19.2 Å². The molecule has 37 heavy (non-hydrogen) atoms. The van der Waals surface area contributed by atoms with Crippen molar-refractivity contribution in [2.75, 3.05) is 10.6 Å². The lowest BCUT2D eigenvalue weighted by molar-refractivity contribution is -0.896. The molecule has 0 aliphatic rings. The van der Waals surface area contributed by atoms with E-state index in [0.717, 1.165) is 15.7 Å². The van der Waals surface area contributed by atoms with Gasteiger partial charge in [0.1, 0.15) is 17.0 Å². The van der Waals surface area contributed by atoms with Crippen LogP contribution in [0, 0.1) is 5.82 Å². The summed E-state index contributed by atoms with van der Waals surface area (Å²) in [6, 6.07) is 21.5. The number of amides is 2. The number of carbonyl (C=O) groups excluding carboxylic acids is 2. The number of nitrogens with zero attached hydrogens (tertiary/aromatic N) is 2. The van der Waals surface area contributed by atoms with Crippen LogP contribution < -0.4 is 20.1 Å². The Hall–Kier alpha value is -4.83. The SMILES string of the molecule is O=C(CC(=O)Nc1ccc(Oc2ccnc3cc(-c4cccc[n+]4O)sc23)c(F)c1)Nc1ccccc1. The fourth-order valence-corrected chi connectivity index (χ4v) is 4.69. The minimum atomic E-state index is -0.690. The highest BCUT2D eigenvalue weighted by Gasteiger charge is 2.19. The van der Waals surface area contributed by atoms with Crippen molar-refractivity contribution in [3.05, 3.63) is 97.1 Å². The standard InChI is InChI=1S/C27H19FN4O4S/c28-19-14-18(31-26(34)16-25(33)30-17-6-2-1-3-7-17)9-10-22(19)36-23-11-12-29-20-15-24(37-27(20)23)21-8-4-5-13-32(21)35/h1-15H,16H2,(H2-,29,30,31,33,34,35)/p+1. The summed E-state index contributed by atoms with van der Waals surface area (Å²) in [5, 5.41) is 15.2. The van der Waals surface area contributed by atoms with Crippen LogP contribution >= 0.6 is 11.3 Å². The average molecular weight is 516 g/mol. The number of pyridine rings is 2. The molecule has 184 valence electrons. The fraction of sp³-hybridized carbons (Fsp3) is 0.0370. The minimum Gasteiger partial charge on any atom is -0.453 e. The highest BCUT2D eigenvalue weighted by molar-refractivity contribution is 7.22. The van der Waals surface area contributed by atoms with E-state index in [1.165, 1.54) is 29.7 Å². The number of nitrogens with one attached hydrogen (secondary N) is 2. The molecular weight excluding hydrogens is 495 g/mol. The van der Waals surface area contributed by atoms with Crippen molar-refractivity contribution in [3.8, 4) is 22.1 Å². The first-order chi connectivity index (χ1) is 18.0. The van der Waals surface area contributed by atoms with Gasteiger partial charge in [0, 0.05) is 46.6 Å². The van der Waals surface area contributed by atoms with Crippen LogP contribution in [0.25, 0.3) is 20.8 Å². The van der Waals surface area contributed by atoms with Crippen molar-refractivity contribution in [1.82, 2.24) is 4.98 Å². The monoisotopic (exact) mass is 515 g/mol. The topological polar surface area (TPSA) is 104 Å². The number of aromatic nitrogens is 2. The second-order valence-corrected chi connectivity index (χ2v) is 9.00. The van der Waals surface area contributed by atoms with Crippen LogP contribution in [0.15, 0.2) is 91.3 Å². The predicted octanol–water partition coefficient (Wildman–Crippen LogP) is 5.39. The van der Waals surface area contributed by atoms with Gasteiger partial charge in [-0.3, -0.25) is 19.8 Å². The smallest absolute Gasteiger partial charge is 0.274 e. The predicted molar refractivity (Wildman–Crippen MR) is 137 cm³/mol. The van der Waals surface area contributed by atoms with Gasteiger partial charge in [-0.1, -0.05) is 18.2 Å². The summed E-state index contributed by atoms with van der Waals surface area (Å²) in [4.78, 5) is 29.4. The van der Waals surface area contributed by atoms with Gasteiger partial charge in [0.25, 0.3) is 5.69 Å². The molecule has 0 fully saturated rings. The third-order valence-corrected chi connectivity index (χ3v) is 6.44. The Morgan fingerprint density at radius 1 is 0.919 bits per heavy atom. The molecule has 0 saturated carbocycles. The van der Waals surface area contributed by atoms with Crippen molar-refractivity contribution in [3.63, 3.8) is 0 Å². The zero-order valence-corrected chi connectivity index (χ0v) is 20.0. The normalized spacial score (nSPS) is 10.7. The number of para-hydroxylation sites is 1. The molecule has 0 atom stereocenters. The number of halogens is 1. The van der Waals surface area contributed by atoms with Crippen LogP contribution in [0.2, 0.25) is 0 Å². The summed E-state index contributed by atoms with van der Waals surface area (Å²) in [7, 11) is 0. The highest BCUT2D eigenvalue weighted by Crippen LogP contribution is 2.38. The van der Waals surface area contributed by atoms with Gasteiger partial charge >= 0.3 is 0 Å². The highest BCUT2D eigenvalue weighted by atomic mass is 32.1. The number of hydrogen-bond acceptors (Lipinski definition) is 6. The van der Waals surface area contributed by atoms with Crippen LogP contribution in [-0.2, 0) is 9.59 Å². The van der Waals surface area contributed by atoms with Crippen molar-refractivity contribution in [2.24, 2.45) is 0 Å². The van der Waals surface area contributed by atoms with E-state index >= 15 is 0 Å². The molecule has 0 unspecified atom stereocenters. The molecular formula is C27H20FN4O4S+. The quantitative estimate of drug-likeness (QED) is 0.153. The van der Waals surface area contributed by atoms with E-state index in [1.54, 1.807) is 48.7 Å². The number of benzene rings is 2. The van der Waals surface area contributed by atoms with Crippen molar-refractivity contribution >= 4 is 44.7 Å². The molecule has 0 radical (unpaired) electrons. The number of rotatable bonds is 7. The maximum absolute atomic E-state index is 14.9. The molecule has 3 N–H and O–H groups in total.